The summed E-state index contributed by atoms with van der Waals surface area (Å²) in [7, 11) is -2.10. The van der Waals surface area contributed by atoms with E-state index in [1.807, 2.05) is 0 Å². The van der Waals surface area contributed by atoms with Crippen molar-refractivity contribution in [3.05, 3.63) is 53.1 Å². The minimum atomic E-state index is -3.63. The quantitative estimate of drug-likeness (QED) is 0.636. The monoisotopic (exact) mass is 450 g/mol. The number of ketones is 1. The van der Waals surface area contributed by atoms with Gasteiger partial charge in [-0.25, -0.2) is 8.42 Å². The average Bonchev–Trinajstić information content (AvgIpc) is 2.71. The number of methoxy groups -OCH3 is 1. The first-order valence-corrected chi connectivity index (χ1v) is 11.7. The average molecular weight is 451 g/mol. The van der Waals surface area contributed by atoms with E-state index < -0.39 is 10.0 Å². The van der Waals surface area contributed by atoms with E-state index in [9.17, 15) is 13.2 Å². The summed E-state index contributed by atoms with van der Waals surface area (Å²) in [5.74, 6) is 0.967. The van der Waals surface area contributed by atoms with E-state index in [1.54, 1.807) is 36.4 Å². The summed E-state index contributed by atoms with van der Waals surface area (Å²) in [5.41, 5.74) is 1.02. The van der Waals surface area contributed by atoms with E-state index in [1.165, 1.54) is 17.5 Å². The van der Waals surface area contributed by atoms with Gasteiger partial charge >= 0.3 is 0 Å². The number of carbonyl (C=O) groups excluding carboxylic acids is 1. The number of nitrogens with zero attached hydrogens (tertiary/aromatic N) is 1. The molecule has 2 unspecified atom stereocenters. The molecule has 2 aromatic rings. The molecule has 0 aliphatic carbocycles. The van der Waals surface area contributed by atoms with Gasteiger partial charge in [-0.3, -0.25) is 4.79 Å². The molecule has 0 saturated carbocycles. The molecule has 2 aromatic carbocycles. The summed E-state index contributed by atoms with van der Waals surface area (Å²) >= 11 is 6.11. The van der Waals surface area contributed by atoms with Gasteiger partial charge in [0.2, 0.25) is 10.0 Å². The molecule has 162 valence electrons. The van der Waals surface area contributed by atoms with Crippen molar-refractivity contribution in [3.8, 4) is 5.75 Å². The SMILES string of the molecule is COc1ccc(NCC(=O)c2cccc(S(=O)(=O)N3CC(C)CC(C)C3)c2)cc1Cl. The van der Waals surface area contributed by atoms with E-state index in [2.05, 4.69) is 19.2 Å². The Hall–Kier alpha value is -2.09. The van der Waals surface area contributed by atoms with Crippen molar-refractivity contribution in [1.82, 2.24) is 4.31 Å². The molecule has 0 bridgehead atoms. The maximum Gasteiger partial charge on any atom is 0.243 e. The van der Waals surface area contributed by atoms with Crippen molar-refractivity contribution in [2.24, 2.45) is 11.8 Å². The number of hydrogen-bond acceptors (Lipinski definition) is 5. The number of nitrogens with one attached hydrogen (secondary N) is 1. The number of anilines is 1. The molecular formula is C22H27ClN2O4S. The third-order valence-corrected chi connectivity index (χ3v) is 7.36. The summed E-state index contributed by atoms with van der Waals surface area (Å²) in [4.78, 5) is 12.8. The maximum absolute atomic E-state index is 13.1. The highest BCUT2D eigenvalue weighted by atomic mass is 35.5. The van der Waals surface area contributed by atoms with Crippen LogP contribution in [0.25, 0.3) is 0 Å². The highest BCUT2D eigenvalue weighted by Gasteiger charge is 2.31. The van der Waals surface area contributed by atoms with Gasteiger partial charge in [-0.15, -0.1) is 0 Å². The fourth-order valence-corrected chi connectivity index (χ4v) is 5.83. The Bertz CT molecular complexity index is 1020. The van der Waals surface area contributed by atoms with Crippen molar-refractivity contribution >= 4 is 33.1 Å². The van der Waals surface area contributed by atoms with Crippen molar-refractivity contribution in [1.29, 1.82) is 0 Å². The van der Waals surface area contributed by atoms with Gasteiger partial charge in [-0.2, -0.15) is 4.31 Å². The van der Waals surface area contributed by atoms with Crippen LogP contribution in [-0.2, 0) is 10.0 Å². The van der Waals surface area contributed by atoms with Gasteiger partial charge in [0.05, 0.1) is 23.6 Å². The van der Waals surface area contributed by atoms with Crippen LogP contribution in [0.15, 0.2) is 47.4 Å². The van der Waals surface area contributed by atoms with Crippen LogP contribution in [0.2, 0.25) is 5.02 Å². The third kappa shape index (κ3) is 5.14. The second kappa shape index (κ2) is 9.37. The van der Waals surface area contributed by atoms with Gasteiger partial charge in [0.25, 0.3) is 0 Å². The lowest BCUT2D eigenvalue weighted by atomic mass is 9.94. The Morgan fingerprint density at radius 2 is 1.87 bits per heavy atom. The molecule has 3 rings (SSSR count). The van der Waals surface area contributed by atoms with Crippen molar-refractivity contribution < 1.29 is 17.9 Å². The molecule has 1 saturated heterocycles. The van der Waals surface area contributed by atoms with E-state index >= 15 is 0 Å². The van der Waals surface area contributed by atoms with Gasteiger partial charge < -0.3 is 10.1 Å². The Morgan fingerprint density at radius 3 is 2.50 bits per heavy atom. The minimum absolute atomic E-state index is 0.0178. The van der Waals surface area contributed by atoms with Crippen molar-refractivity contribution in [3.63, 3.8) is 0 Å². The predicted molar refractivity (Wildman–Crippen MR) is 119 cm³/mol. The van der Waals surface area contributed by atoms with Gasteiger partial charge in [-0.05, 0) is 48.6 Å². The second-order valence-corrected chi connectivity index (χ2v) is 10.3. The number of Topliss-reactive ketones (excluding diaryl/α,β-unsaturated/α-hetero) is 1. The Balaban J connectivity index is 1.73. The minimum Gasteiger partial charge on any atom is -0.495 e. The first-order chi connectivity index (χ1) is 14.2. The van der Waals surface area contributed by atoms with Crippen LogP contribution in [0.1, 0.15) is 30.6 Å². The first kappa shape index (κ1) is 22.6. The number of hydrogen-bond donors (Lipinski definition) is 1. The summed E-state index contributed by atoms with van der Waals surface area (Å²) < 4.78 is 32.9. The van der Waals surface area contributed by atoms with Crippen molar-refractivity contribution in [2.45, 2.75) is 25.2 Å². The Morgan fingerprint density at radius 1 is 1.17 bits per heavy atom. The van der Waals surface area contributed by atoms with Crippen LogP contribution in [-0.4, -0.2) is 45.3 Å². The number of halogens is 1. The fourth-order valence-electron chi connectivity index (χ4n) is 3.84. The lowest BCUT2D eigenvalue weighted by Crippen LogP contribution is -2.42. The smallest absolute Gasteiger partial charge is 0.243 e. The normalized spacial score (nSPS) is 20.0. The zero-order chi connectivity index (χ0) is 21.9. The summed E-state index contributed by atoms with van der Waals surface area (Å²) in [5, 5.41) is 3.46. The molecular weight excluding hydrogens is 424 g/mol. The van der Waals surface area contributed by atoms with E-state index in [0.29, 0.717) is 46.9 Å². The molecule has 0 amide bonds. The number of carbonyl (C=O) groups is 1. The van der Waals surface area contributed by atoms with Crippen LogP contribution >= 0.6 is 11.6 Å². The summed E-state index contributed by atoms with van der Waals surface area (Å²) in [6, 6.07) is 11.4. The number of piperidine rings is 1. The van der Waals surface area contributed by atoms with Gasteiger partial charge in [0.1, 0.15) is 5.75 Å². The molecule has 1 aliphatic heterocycles. The Labute approximate surface area is 183 Å². The fraction of sp³-hybridized carbons (Fsp3) is 0.409. The van der Waals surface area contributed by atoms with Crippen molar-refractivity contribution in [2.75, 3.05) is 32.1 Å². The zero-order valence-electron chi connectivity index (χ0n) is 17.4. The van der Waals surface area contributed by atoms with Gasteiger partial charge in [-0.1, -0.05) is 37.6 Å². The number of rotatable bonds is 7. The molecule has 0 aromatic heterocycles. The lowest BCUT2D eigenvalue weighted by Gasteiger charge is -2.34. The van der Waals surface area contributed by atoms with Crippen LogP contribution in [0.5, 0.6) is 5.75 Å². The molecule has 1 heterocycles. The second-order valence-electron chi connectivity index (χ2n) is 7.92. The number of benzene rings is 2. The topological polar surface area (TPSA) is 75.7 Å². The highest BCUT2D eigenvalue weighted by molar-refractivity contribution is 7.89. The molecule has 2 atom stereocenters. The van der Waals surface area contributed by atoms with Crippen LogP contribution in [0.4, 0.5) is 5.69 Å². The highest BCUT2D eigenvalue weighted by Crippen LogP contribution is 2.28. The van der Waals surface area contributed by atoms with E-state index in [-0.39, 0.29) is 17.2 Å². The van der Waals surface area contributed by atoms with Gasteiger partial charge in [0, 0.05) is 24.3 Å². The van der Waals surface area contributed by atoms with E-state index in [0.717, 1.165) is 6.42 Å². The molecule has 0 radical (unpaired) electrons. The standard InChI is InChI=1S/C22H27ClN2O4S/c1-15-9-16(2)14-25(13-15)30(27,28)19-6-4-5-17(10-19)21(26)12-24-18-7-8-22(29-3)20(23)11-18/h4-8,10-11,15-16,24H,9,12-14H2,1-3H3. The third-order valence-electron chi connectivity index (χ3n) is 5.23. The summed E-state index contributed by atoms with van der Waals surface area (Å²) in [6.07, 6.45) is 1.02. The molecule has 0 spiro atoms. The molecule has 1 N–H and O–H groups in total. The van der Waals surface area contributed by atoms with E-state index in [4.69, 9.17) is 16.3 Å². The van der Waals surface area contributed by atoms with Crippen LogP contribution in [0, 0.1) is 11.8 Å². The van der Waals surface area contributed by atoms with Crippen LogP contribution < -0.4 is 10.1 Å². The van der Waals surface area contributed by atoms with Crippen LogP contribution in [0.3, 0.4) is 0 Å². The molecule has 6 nitrogen and oxygen atoms in total. The number of ether oxygens (including phenoxy) is 1. The molecule has 1 aliphatic rings. The zero-order valence-corrected chi connectivity index (χ0v) is 19.0. The number of sulfonamides is 1. The maximum atomic E-state index is 13.1. The summed E-state index contributed by atoms with van der Waals surface area (Å²) in [6.45, 7) is 5.16. The molecule has 8 heteroatoms. The lowest BCUT2D eigenvalue weighted by molar-refractivity contribution is 0.101. The van der Waals surface area contributed by atoms with Gasteiger partial charge in [0.15, 0.2) is 5.78 Å². The largest absolute Gasteiger partial charge is 0.495 e. The molecule has 1 fully saturated rings. The Kier molecular flexibility index (Phi) is 7.06. The predicted octanol–water partition coefficient (Wildman–Crippen LogP) is 4.31. The first-order valence-electron chi connectivity index (χ1n) is 9.91. The molecule has 30 heavy (non-hydrogen) atoms.